The predicted octanol–water partition coefficient (Wildman–Crippen LogP) is 4.08. The summed E-state index contributed by atoms with van der Waals surface area (Å²) in [7, 11) is 0. The zero-order chi connectivity index (χ0) is 19.9. The molecule has 28 heavy (non-hydrogen) atoms. The average Bonchev–Trinajstić information content (AvgIpc) is 2.72. The van der Waals surface area contributed by atoms with E-state index < -0.39 is 0 Å². The number of aryl methyl sites for hydroxylation is 1. The fraction of sp³-hybridized carbons (Fsp3) is 0.652. The number of hydrogen-bond donors (Lipinski definition) is 1. The van der Waals surface area contributed by atoms with Crippen LogP contribution in [0.5, 0.6) is 0 Å². The molecule has 1 aromatic carbocycles. The lowest BCUT2D eigenvalue weighted by Gasteiger charge is -2.35. The molecule has 1 saturated heterocycles. The predicted molar refractivity (Wildman–Crippen MR) is 108 cm³/mol. The van der Waals surface area contributed by atoms with Crippen molar-refractivity contribution in [2.24, 2.45) is 11.8 Å². The van der Waals surface area contributed by atoms with Crippen molar-refractivity contribution >= 4 is 11.8 Å². The molecule has 2 fully saturated rings. The molecule has 5 heteroatoms. The molecule has 1 aromatic rings. The number of nitrogens with zero attached hydrogens (tertiary/aromatic N) is 1. The fourth-order valence-electron chi connectivity index (χ4n) is 4.44. The van der Waals surface area contributed by atoms with Crippen molar-refractivity contribution in [1.29, 1.82) is 0 Å². The van der Waals surface area contributed by atoms with Crippen molar-refractivity contribution in [3.05, 3.63) is 35.6 Å². The number of likely N-dealkylation sites (tertiary alicyclic amines) is 1. The summed E-state index contributed by atoms with van der Waals surface area (Å²) in [6.45, 7) is 3.37. The van der Waals surface area contributed by atoms with Gasteiger partial charge in [-0.1, -0.05) is 38.3 Å². The molecule has 1 aliphatic carbocycles. The summed E-state index contributed by atoms with van der Waals surface area (Å²) in [5, 5.41) is 3.22. The Morgan fingerprint density at radius 3 is 2.54 bits per heavy atom. The lowest BCUT2D eigenvalue weighted by Crippen LogP contribution is -2.49. The van der Waals surface area contributed by atoms with E-state index in [1.165, 1.54) is 31.4 Å². The third-order valence-electron chi connectivity index (χ3n) is 6.31. The fourth-order valence-corrected chi connectivity index (χ4v) is 4.44. The Hall–Kier alpha value is -1.91. The number of piperidine rings is 1. The molecule has 2 amide bonds. The summed E-state index contributed by atoms with van der Waals surface area (Å²) in [6.07, 6.45) is 8.72. The summed E-state index contributed by atoms with van der Waals surface area (Å²) in [6, 6.07) is 6.79. The topological polar surface area (TPSA) is 49.4 Å². The van der Waals surface area contributed by atoms with Crippen LogP contribution in [-0.2, 0) is 16.0 Å². The molecule has 1 saturated carbocycles. The van der Waals surface area contributed by atoms with Gasteiger partial charge in [-0.2, -0.15) is 0 Å². The van der Waals surface area contributed by atoms with Crippen molar-refractivity contribution in [3.63, 3.8) is 0 Å². The maximum atomic E-state index is 13.3. The van der Waals surface area contributed by atoms with Gasteiger partial charge in [-0.3, -0.25) is 9.59 Å². The summed E-state index contributed by atoms with van der Waals surface area (Å²) in [5.41, 5.74) is 0.934. The molecule has 2 aliphatic rings. The molecule has 1 unspecified atom stereocenters. The van der Waals surface area contributed by atoms with E-state index in [9.17, 15) is 14.0 Å². The van der Waals surface area contributed by atoms with Crippen LogP contribution in [0.25, 0.3) is 0 Å². The number of nitrogens with one attached hydrogen (secondary N) is 1. The van der Waals surface area contributed by atoms with Crippen LogP contribution >= 0.6 is 0 Å². The first kappa shape index (κ1) is 20.8. The Morgan fingerprint density at radius 2 is 1.86 bits per heavy atom. The van der Waals surface area contributed by atoms with Gasteiger partial charge in [-0.15, -0.1) is 0 Å². The summed E-state index contributed by atoms with van der Waals surface area (Å²) >= 11 is 0. The van der Waals surface area contributed by atoms with Crippen molar-refractivity contribution < 1.29 is 14.0 Å². The highest BCUT2D eigenvalue weighted by molar-refractivity contribution is 5.80. The van der Waals surface area contributed by atoms with Crippen LogP contribution in [0, 0.1) is 17.7 Å². The van der Waals surface area contributed by atoms with Crippen LogP contribution in [0.2, 0.25) is 0 Å². The van der Waals surface area contributed by atoms with Crippen LogP contribution in [-0.4, -0.2) is 35.8 Å². The number of carbonyl (C=O) groups excluding carboxylic acids is 2. The maximum absolute atomic E-state index is 13.3. The number of halogens is 1. The molecule has 1 heterocycles. The Balaban J connectivity index is 1.39. The molecule has 4 nitrogen and oxygen atoms in total. The number of rotatable bonds is 6. The minimum absolute atomic E-state index is 0.0725. The van der Waals surface area contributed by atoms with E-state index in [4.69, 9.17) is 0 Å². The van der Waals surface area contributed by atoms with Gasteiger partial charge >= 0.3 is 0 Å². The molecular weight excluding hydrogens is 355 g/mol. The second-order valence-corrected chi connectivity index (χ2v) is 8.51. The summed E-state index contributed by atoms with van der Waals surface area (Å²) in [4.78, 5) is 27.1. The lowest BCUT2D eigenvalue weighted by molar-refractivity contribution is -0.136. The molecule has 0 radical (unpaired) electrons. The number of amides is 2. The highest BCUT2D eigenvalue weighted by Gasteiger charge is 2.28. The van der Waals surface area contributed by atoms with Crippen LogP contribution in [0.4, 0.5) is 4.39 Å². The molecule has 1 aliphatic heterocycles. The second-order valence-electron chi connectivity index (χ2n) is 8.51. The van der Waals surface area contributed by atoms with E-state index in [-0.39, 0.29) is 35.5 Å². The first-order chi connectivity index (χ1) is 13.5. The van der Waals surface area contributed by atoms with Crippen LogP contribution in [0.15, 0.2) is 24.3 Å². The second kappa shape index (κ2) is 10.0. The summed E-state index contributed by atoms with van der Waals surface area (Å²) in [5.74, 6) is 0.281. The normalized spacial score (nSPS) is 20.0. The standard InChI is InChI=1S/C23H33FN2O2/c1-17(10-11-18-6-5-9-20(24)16-18)23(28)26-14-12-21(13-15-26)25-22(27)19-7-3-2-4-8-19/h5-6,9,16-17,19,21H,2-4,7-8,10-15H2,1H3,(H,25,27). The molecule has 1 atom stereocenters. The molecule has 0 aromatic heterocycles. The average molecular weight is 389 g/mol. The van der Waals surface area contributed by atoms with Gasteiger partial charge in [-0.05, 0) is 56.2 Å². The minimum atomic E-state index is -0.228. The first-order valence-electron chi connectivity index (χ1n) is 10.9. The highest BCUT2D eigenvalue weighted by atomic mass is 19.1. The van der Waals surface area contributed by atoms with Crippen molar-refractivity contribution in [3.8, 4) is 0 Å². The van der Waals surface area contributed by atoms with E-state index in [0.717, 1.165) is 37.7 Å². The molecule has 0 bridgehead atoms. The van der Waals surface area contributed by atoms with E-state index in [1.807, 2.05) is 17.9 Å². The third-order valence-corrected chi connectivity index (χ3v) is 6.31. The number of hydrogen-bond acceptors (Lipinski definition) is 2. The minimum Gasteiger partial charge on any atom is -0.353 e. The van der Waals surface area contributed by atoms with Crippen LogP contribution in [0.3, 0.4) is 0 Å². The summed E-state index contributed by atoms with van der Waals surface area (Å²) < 4.78 is 13.3. The third kappa shape index (κ3) is 5.79. The molecule has 154 valence electrons. The van der Waals surface area contributed by atoms with Gasteiger partial charge in [0.15, 0.2) is 0 Å². The van der Waals surface area contributed by atoms with E-state index in [2.05, 4.69) is 5.32 Å². The Morgan fingerprint density at radius 1 is 1.14 bits per heavy atom. The Kier molecular flexibility index (Phi) is 7.46. The highest BCUT2D eigenvalue weighted by Crippen LogP contribution is 2.24. The number of carbonyl (C=O) groups is 2. The van der Waals surface area contributed by atoms with Crippen molar-refractivity contribution in [1.82, 2.24) is 10.2 Å². The molecular formula is C23H33FN2O2. The molecule has 0 spiro atoms. The van der Waals surface area contributed by atoms with Crippen LogP contribution < -0.4 is 5.32 Å². The Bertz CT molecular complexity index is 664. The maximum Gasteiger partial charge on any atom is 0.225 e. The van der Waals surface area contributed by atoms with Gasteiger partial charge in [0.2, 0.25) is 11.8 Å². The van der Waals surface area contributed by atoms with E-state index >= 15 is 0 Å². The lowest BCUT2D eigenvalue weighted by atomic mass is 9.88. The molecule has 3 rings (SSSR count). The zero-order valence-corrected chi connectivity index (χ0v) is 17.0. The van der Waals surface area contributed by atoms with Crippen LogP contribution in [0.1, 0.15) is 63.9 Å². The smallest absolute Gasteiger partial charge is 0.225 e. The van der Waals surface area contributed by atoms with Crippen molar-refractivity contribution in [2.45, 2.75) is 70.8 Å². The van der Waals surface area contributed by atoms with Gasteiger partial charge in [0.05, 0.1) is 0 Å². The largest absolute Gasteiger partial charge is 0.353 e. The van der Waals surface area contributed by atoms with Gasteiger partial charge in [-0.25, -0.2) is 4.39 Å². The molecule has 1 N–H and O–H groups in total. The first-order valence-corrected chi connectivity index (χ1v) is 10.9. The van der Waals surface area contributed by atoms with Gasteiger partial charge in [0, 0.05) is 31.0 Å². The SMILES string of the molecule is CC(CCc1cccc(F)c1)C(=O)N1CCC(NC(=O)C2CCCCC2)CC1. The Labute approximate surface area is 167 Å². The van der Waals surface area contributed by atoms with E-state index in [1.54, 1.807) is 6.07 Å². The van der Waals surface area contributed by atoms with Gasteiger partial charge in [0.1, 0.15) is 5.82 Å². The van der Waals surface area contributed by atoms with E-state index in [0.29, 0.717) is 19.5 Å². The van der Waals surface area contributed by atoms with Crippen molar-refractivity contribution in [2.75, 3.05) is 13.1 Å². The monoisotopic (exact) mass is 388 g/mol. The number of benzene rings is 1. The van der Waals surface area contributed by atoms with Gasteiger partial charge in [0.25, 0.3) is 0 Å². The quantitative estimate of drug-likeness (QED) is 0.798. The zero-order valence-electron chi connectivity index (χ0n) is 17.0. The van der Waals surface area contributed by atoms with Gasteiger partial charge < -0.3 is 10.2 Å².